The highest BCUT2D eigenvalue weighted by molar-refractivity contribution is 9.10. The Balaban J connectivity index is 1.80. The van der Waals surface area contributed by atoms with Gasteiger partial charge in [0, 0.05) is 15.1 Å². The van der Waals surface area contributed by atoms with E-state index < -0.39 is 0 Å². The number of amides is 1. The van der Waals surface area contributed by atoms with Crippen molar-refractivity contribution in [1.82, 2.24) is 4.57 Å². The van der Waals surface area contributed by atoms with E-state index in [-0.39, 0.29) is 11.7 Å². The van der Waals surface area contributed by atoms with Crippen molar-refractivity contribution in [1.29, 1.82) is 5.26 Å². The number of halogens is 1. The third kappa shape index (κ3) is 4.29. The molecule has 0 aliphatic heterocycles. The number of aromatic nitrogens is 1. The lowest BCUT2D eigenvalue weighted by Crippen LogP contribution is -2.18. The molecule has 0 fully saturated rings. The second kappa shape index (κ2) is 8.51. The molecule has 27 heavy (non-hydrogen) atoms. The van der Waals surface area contributed by atoms with E-state index in [1.54, 1.807) is 6.26 Å². The molecule has 0 spiro atoms. The molecule has 138 valence electrons. The Morgan fingerprint density at radius 3 is 2.74 bits per heavy atom. The highest BCUT2D eigenvalue weighted by atomic mass is 79.9. The molecular formula is C20H18BrN3O2S. The fourth-order valence-electron chi connectivity index (χ4n) is 2.76. The molecule has 3 rings (SSSR count). The maximum atomic E-state index is 12.5. The molecule has 0 saturated carbocycles. The van der Waals surface area contributed by atoms with Crippen molar-refractivity contribution in [2.24, 2.45) is 0 Å². The van der Waals surface area contributed by atoms with Gasteiger partial charge in [0.1, 0.15) is 17.6 Å². The predicted molar refractivity (Wildman–Crippen MR) is 110 cm³/mol. The van der Waals surface area contributed by atoms with Crippen LogP contribution in [0, 0.1) is 25.2 Å². The van der Waals surface area contributed by atoms with Crippen molar-refractivity contribution < 1.29 is 9.21 Å². The minimum atomic E-state index is -0.162. The number of hydrogen-bond donors (Lipinski definition) is 1. The molecule has 3 aromatic rings. The number of anilines is 1. The lowest BCUT2D eigenvalue weighted by atomic mass is 10.2. The average molecular weight is 444 g/mol. The molecule has 0 bridgehead atoms. The molecule has 2 heterocycles. The van der Waals surface area contributed by atoms with Crippen LogP contribution in [0.25, 0.3) is 0 Å². The maximum Gasteiger partial charge on any atom is 0.235 e. The van der Waals surface area contributed by atoms with E-state index in [4.69, 9.17) is 4.42 Å². The van der Waals surface area contributed by atoms with Gasteiger partial charge in [0.25, 0.3) is 0 Å². The van der Waals surface area contributed by atoms with Crippen LogP contribution in [0.2, 0.25) is 0 Å². The number of thioether (sulfide) groups is 1. The minimum absolute atomic E-state index is 0.162. The number of hydrogen-bond acceptors (Lipinski definition) is 4. The summed E-state index contributed by atoms with van der Waals surface area (Å²) < 4.78 is 8.29. The Hall–Kier alpha value is -2.43. The number of rotatable bonds is 6. The van der Waals surface area contributed by atoms with Crippen LogP contribution in [-0.2, 0) is 11.3 Å². The summed E-state index contributed by atoms with van der Waals surface area (Å²) in [7, 11) is 0. The van der Waals surface area contributed by atoms with E-state index in [1.807, 2.05) is 54.8 Å². The first kappa shape index (κ1) is 19.3. The third-order valence-corrected chi connectivity index (χ3v) is 6.32. The number of carbonyl (C=O) groups is 1. The topological polar surface area (TPSA) is 71.0 Å². The van der Waals surface area contributed by atoms with Crippen molar-refractivity contribution in [3.05, 3.63) is 69.7 Å². The fraction of sp³-hybridized carbons (Fsp3) is 0.200. The smallest absolute Gasteiger partial charge is 0.235 e. The van der Waals surface area contributed by atoms with Crippen LogP contribution in [0.3, 0.4) is 0 Å². The average Bonchev–Trinajstić information content (AvgIpc) is 3.24. The van der Waals surface area contributed by atoms with Crippen LogP contribution in [-0.4, -0.2) is 16.2 Å². The zero-order valence-electron chi connectivity index (χ0n) is 15.0. The molecule has 1 aromatic carbocycles. The van der Waals surface area contributed by atoms with E-state index in [0.29, 0.717) is 17.9 Å². The Kier molecular flexibility index (Phi) is 6.09. The van der Waals surface area contributed by atoms with E-state index in [9.17, 15) is 10.1 Å². The van der Waals surface area contributed by atoms with Crippen molar-refractivity contribution in [2.75, 3.05) is 11.1 Å². The maximum absolute atomic E-state index is 12.5. The second-order valence-corrected chi connectivity index (χ2v) is 7.85. The lowest BCUT2D eigenvalue weighted by molar-refractivity contribution is -0.113. The molecule has 0 saturated heterocycles. The van der Waals surface area contributed by atoms with Gasteiger partial charge in [-0.05, 0) is 59.6 Å². The Bertz CT molecular complexity index is 1000. The Morgan fingerprint density at radius 1 is 1.30 bits per heavy atom. The molecule has 0 unspecified atom stereocenters. The molecule has 0 aliphatic rings. The van der Waals surface area contributed by atoms with Crippen LogP contribution in [0.4, 0.5) is 5.82 Å². The summed E-state index contributed by atoms with van der Waals surface area (Å²) in [5.74, 6) is 1.36. The first-order valence-electron chi connectivity index (χ1n) is 8.30. The van der Waals surface area contributed by atoms with Gasteiger partial charge < -0.3 is 14.3 Å². The van der Waals surface area contributed by atoms with E-state index in [1.165, 1.54) is 11.8 Å². The predicted octanol–water partition coefficient (Wildman–Crippen LogP) is 5.11. The monoisotopic (exact) mass is 443 g/mol. The molecule has 1 N–H and O–H groups in total. The summed E-state index contributed by atoms with van der Waals surface area (Å²) in [5.41, 5.74) is 2.27. The number of carbonyl (C=O) groups excluding carboxylic acids is 1. The molecule has 0 radical (unpaired) electrons. The minimum Gasteiger partial charge on any atom is -0.467 e. The summed E-state index contributed by atoms with van der Waals surface area (Å²) in [4.78, 5) is 13.5. The number of nitrogens with one attached hydrogen (secondary N) is 1. The van der Waals surface area contributed by atoms with E-state index in [2.05, 4.69) is 27.3 Å². The highest BCUT2D eigenvalue weighted by Gasteiger charge is 2.20. The van der Waals surface area contributed by atoms with E-state index >= 15 is 0 Å². The molecule has 2 aromatic heterocycles. The zero-order chi connectivity index (χ0) is 19.4. The molecule has 5 nitrogen and oxygen atoms in total. The van der Waals surface area contributed by atoms with Crippen LogP contribution in [0.15, 0.2) is 56.4 Å². The SMILES string of the molecule is Cc1c(C#N)c(NC(=O)CSc2ccccc2Br)n(Cc2ccco2)c1C. The first-order chi connectivity index (χ1) is 13.0. The normalized spacial score (nSPS) is 10.6. The van der Waals surface area contributed by atoms with Crippen LogP contribution in [0.1, 0.15) is 22.6 Å². The fourth-order valence-corrected chi connectivity index (χ4v) is 4.13. The second-order valence-electron chi connectivity index (χ2n) is 5.98. The highest BCUT2D eigenvalue weighted by Crippen LogP contribution is 2.29. The molecule has 0 atom stereocenters. The van der Waals surface area contributed by atoms with Crippen LogP contribution < -0.4 is 5.32 Å². The van der Waals surface area contributed by atoms with Crippen molar-refractivity contribution in [3.8, 4) is 6.07 Å². The van der Waals surface area contributed by atoms with Gasteiger partial charge in [-0.1, -0.05) is 12.1 Å². The Labute approximate surface area is 170 Å². The Morgan fingerprint density at radius 2 is 2.07 bits per heavy atom. The number of furan rings is 1. The standard InChI is InChI=1S/C20H18BrN3O2S/c1-13-14(2)24(11-15-6-5-9-26-15)20(16(13)10-22)23-19(25)12-27-18-8-4-3-7-17(18)21/h3-9H,11-12H2,1-2H3,(H,23,25). The molecule has 0 aliphatic carbocycles. The van der Waals surface area contributed by atoms with Crippen LogP contribution in [0.5, 0.6) is 0 Å². The summed E-state index contributed by atoms with van der Waals surface area (Å²) in [6, 6.07) is 13.7. The summed E-state index contributed by atoms with van der Waals surface area (Å²) in [6.45, 7) is 4.27. The van der Waals surface area contributed by atoms with Gasteiger partial charge in [-0.3, -0.25) is 4.79 Å². The number of nitrogens with zero attached hydrogens (tertiary/aromatic N) is 2. The number of nitriles is 1. The zero-order valence-corrected chi connectivity index (χ0v) is 17.4. The largest absolute Gasteiger partial charge is 0.467 e. The number of benzene rings is 1. The molecule has 1 amide bonds. The van der Waals surface area contributed by atoms with E-state index in [0.717, 1.165) is 26.4 Å². The van der Waals surface area contributed by atoms with Crippen LogP contribution >= 0.6 is 27.7 Å². The lowest BCUT2D eigenvalue weighted by Gasteiger charge is -2.12. The van der Waals surface area contributed by atoms with Gasteiger partial charge in [-0.15, -0.1) is 11.8 Å². The van der Waals surface area contributed by atoms with Gasteiger partial charge in [0.05, 0.1) is 24.1 Å². The molecular weight excluding hydrogens is 426 g/mol. The summed E-state index contributed by atoms with van der Waals surface area (Å²) in [5, 5.41) is 12.5. The van der Waals surface area contributed by atoms with Gasteiger partial charge in [-0.2, -0.15) is 5.26 Å². The summed E-state index contributed by atoms with van der Waals surface area (Å²) in [6.07, 6.45) is 1.61. The third-order valence-electron chi connectivity index (χ3n) is 4.29. The van der Waals surface area contributed by atoms with Crippen molar-refractivity contribution >= 4 is 39.4 Å². The van der Waals surface area contributed by atoms with Gasteiger partial charge in [0.15, 0.2) is 0 Å². The quantitative estimate of drug-likeness (QED) is 0.537. The first-order valence-corrected chi connectivity index (χ1v) is 10.1. The van der Waals surface area contributed by atoms with Gasteiger partial charge >= 0.3 is 0 Å². The summed E-state index contributed by atoms with van der Waals surface area (Å²) >= 11 is 4.92. The van der Waals surface area contributed by atoms with Gasteiger partial charge in [0.2, 0.25) is 5.91 Å². The van der Waals surface area contributed by atoms with Gasteiger partial charge in [-0.25, -0.2) is 0 Å². The van der Waals surface area contributed by atoms with Crippen molar-refractivity contribution in [2.45, 2.75) is 25.3 Å². The molecule has 7 heteroatoms. The van der Waals surface area contributed by atoms with Crippen molar-refractivity contribution in [3.63, 3.8) is 0 Å².